The van der Waals surface area contributed by atoms with Crippen molar-refractivity contribution in [3.05, 3.63) is 64.8 Å². The predicted molar refractivity (Wildman–Crippen MR) is 88.3 cm³/mol. The van der Waals surface area contributed by atoms with E-state index < -0.39 is 0 Å². The molecule has 0 aliphatic carbocycles. The van der Waals surface area contributed by atoms with Gasteiger partial charge in [-0.2, -0.15) is 0 Å². The minimum atomic E-state index is -0.0601. The molecule has 3 heteroatoms. The van der Waals surface area contributed by atoms with Crippen LogP contribution in [-0.2, 0) is 0 Å². The van der Waals surface area contributed by atoms with Crippen LogP contribution in [0.4, 0.5) is 0 Å². The molecule has 0 N–H and O–H groups in total. The normalized spacial score (nSPS) is 11.0. The molecule has 112 valence electrons. The Kier molecular flexibility index (Phi) is 3.96. The maximum atomic E-state index is 12.3. The molecule has 0 bridgehead atoms. The Morgan fingerprint density at radius 3 is 2.55 bits per heavy atom. The molecule has 0 atom stereocenters. The van der Waals surface area contributed by atoms with Gasteiger partial charge in [0.1, 0.15) is 17.1 Å². The zero-order chi connectivity index (χ0) is 15.5. The summed E-state index contributed by atoms with van der Waals surface area (Å²) in [6.45, 7) is 4.79. The fourth-order valence-electron chi connectivity index (χ4n) is 2.23. The van der Waals surface area contributed by atoms with Gasteiger partial charge in [0, 0.05) is 11.6 Å². The minimum absolute atomic E-state index is 0.0601. The van der Waals surface area contributed by atoms with E-state index in [1.807, 2.05) is 36.4 Å². The van der Waals surface area contributed by atoms with Crippen molar-refractivity contribution < 1.29 is 9.15 Å². The highest BCUT2D eigenvalue weighted by Gasteiger charge is 2.08. The van der Waals surface area contributed by atoms with E-state index in [-0.39, 0.29) is 5.43 Å². The van der Waals surface area contributed by atoms with Gasteiger partial charge in [0.05, 0.1) is 12.0 Å². The standard InChI is InChI=1S/C19H18O3/c1-13(2)12-21-15-8-9-18-16(10-15)17(20)11-19(22-18)14-6-4-3-5-7-14/h3-11,13H,12H2,1-2H3. The van der Waals surface area contributed by atoms with Crippen LogP contribution in [0, 0.1) is 5.92 Å². The Morgan fingerprint density at radius 2 is 1.82 bits per heavy atom. The fourth-order valence-corrected chi connectivity index (χ4v) is 2.23. The van der Waals surface area contributed by atoms with Crippen LogP contribution in [0.5, 0.6) is 5.75 Å². The molecule has 0 amide bonds. The lowest BCUT2D eigenvalue weighted by Gasteiger charge is -2.09. The molecule has 0 fully saturated rings. The molecule has 0 saturated heterocycles. The summed E-state index contributed by atoms with van der Waals surface area (Å²) in [7, 11) is 0. The Balaban J connectivity index is 2.02. The van der Waals surface area contributed by atoms with Crippen molar-refractivity contribution in [3.8, 4) is 17.1 Å². The topological polar surface area (TPSA) is 39.4 Å². The van der Waals surface area contributed by atoms with E-state index in [0.717, 1.165) is 5.56 Å². The van der Waals surface area contributed by atoms with Crippen LogP contribution >= 0.6 is 0 Å². The quantitative estimate of drug-likeness (QED) is 0.711. The molecule has 0 aliphatic rings. The van der Waals surface area contributed by atoms with Gasteiger partial charge in [-0.05, 0) is 24.1 Å². The molecule has 1 heterocycles. The van der Waals surface area contributed by atoms with Gasteiger partial charge in [-0.25, -0.2) is 0 Å². The van der Waals surface area contributed by atoms with Crippen molar-refractivity contribution in [1.29, 1.82) is 0 Å². The zero-order valence-corrected chi connectivity index (χ0v) is 12.7. The first-order valence-electron chi connectivity index (χ1n) is 7.39. The average molecular weight is 294 g/mol. The van der Waals surface area contributed by atoms with Gasteiger partial charge in [-0.15, -0.1) is 0 Å². The van der Waals surface area contributed by atoms with E-state index in [2.05, 4.69) is 13.8 Å². The second-order valence-corrected chi connectivity index (χ2v) is 5.70. The Bertz CT molecular complexity index is 832. The second kappa shape index (κ2) is 6.06. The minimum Gasteiger partial charge on any atom is -0.493 e. The summed E-state index contributed by atoms with van der Waals surface area (Å²) < 4.78 is 11.5. The molecule has 0 aliphatic heterocycles. The first-order valence-corrected chi connectivity index (χ1v) is 7.39. The van der Waals surface area contributed by atoms with E-state index in [1.54, 1.807) is 12.1 Å². The highest BCUT2D eigenvalue weighted by Crippen LogP contribution is 2.24. The van der Waals surface area contributed by atoms with Gasteiger partial charge < -0.3 is 9.15 Å². The van der Waals surface area contributed by atoms with Crippen molar-refractivity contribution in [2.75, 3.05) is 6.61 Å². The smallest absolute Gasteiger partial charge is 0.193 e. The molecule has 1 aromatic heterocycles. The molecule has 3 nitrogen and oxygen atoms in total. The SMILES string of the molecule is CC(C)COc1ccc2oc(-c3ccccc3)cc(=O)c2c1. The van der Waals surface area contributed by atoms with Crippen molar-refractivity contribution in [1.82, 2.24) is 0 Å². The molecule has 0 spiro atoms. The Labute approximate surface area is 129 Å². The molecule has 22 heavy (non-hydrogen) atoms. The maximum absolute atomic E-state index is 12.3. The van der Waals surface area contributed by atoms with Gasteiger partial charge in [-0.3, -0.25) is 4.79 Å². The van der Waals surface area contributed by atoms with Crippen molar-refractivity contribution in [2.45, 2.75) is 13.8 Å². The Morgan fingerprint density at radius 1 is 1.05 bits per heavy atom. The molecule has 2 aromatic carbocycles. The highest BCUT2D eigenvalue weighted by atomic mass is 16.5. The van der Waals surface area contributed by atoms with Crippen molar-refractivity contribution >= 4 is 11.0 Å². The van der Waals surface area contributed by atoms with Gasteiger partial charge in [0.2, 0.25) is 0 Å². The van der Waals surface area contributed by atoms with Crippen LogP contribution in [0.15, 0.2) is 63.8 Å². The highest BCUT2D eigenvalue weighted by molar-refractivity contribution is 5.80. The monoisotopic (exact) mass is 294 g/mol. The average Bonchev–Trinajstić information content (AvgIpc) is 2.54. The largest absolute Gasteiger partial charge is 0.493 e. The summed E-state index contributed by atoms with van der Waals surface area (Å²) in [5.41, 5.74) is 1.40. The van der Waals surface area contributed by atoms with Crippen molar-refractivity contribution in [3.63, 3.8) is 0 Å². The summed E-state index contributed by atoms with van der Waals surface area (Å²) in [6.07, 6.45) is 0. The third-order valence-electron chi connectivity index (χ3n) is 3.34. The number of hydrogen-bond acceptors (Lipinski definition) is 3. The van der Waals surface area contributed by atoms with Crippen molar-refractivity contribution in [2.24, 2.45) is 5.92 Å². The van der Waals surface area contributed by atoms with E-state index in [0.29, 0.717) is 35.0 Å². The van der Waals surface area contributed by atoms with Crippen LogP contribution in [0.25, 0.3) is 22.3 Å². The lowest BCUT2D eigenvalue weighted by Crippen LogP contribution is -2.05. The van der Waals surface area contributed by atoms with Gasteiger partial charge >= 0.3 is 0 Å². The first kappa shape index (κ1) is 14.4. The third kappa shape index (κ3) is 3.03. The number of fused-ring (bicyclic) bond motifs is 1. The first-order chi connectivity index (χ1) is 10.6. The van der Waals surface area contributed by atoms with Crippen LogP contribution in [0.2, 0.25) is 0 Å². The summed E-state index contributed by atoms with van der Waals surface area (Å²) in [5, 5.41) is 0.543. The number of rotatable bonds is 4. The number of benzene rings is 2. The molecule has 0 unspecified atom stereocenters. The predicted octanol–water partition coefficient (Wildman–Crippen LogP) is 4.49. The van der Waals surface area contributed by atoms with Gasteiger partial charge in [-0.1, -0.05) is 44.2 Å². The lowest BCUT2D eigenvalue weighted by atomic mass is 10.1. The molecule has 3 rings (SSSR count). The maximum Gasteiger partial charge on any atom is 0.193 e. The zero-order valence-electron chi connectivity index (χ0n) is 12.7. The van der Waals surface area contributed by atoms with Crippen LogP contribution in [0.1, 0.15) is 13.8 Å². The lowest BCUT2D eigenvalue weighted by molar-refractivity contribution is 0.271. The third-order valence-corrected chi connectivity index (χ3v) is 3.34. The summed E-state index contributed by atoms with van der Waals surface area (Å²) in [6, 6.07) is 16.5. The summed E-state index contributed by atoms with van der Waals surface area (Å²) in [4.78, 5) is 12.3. The van der Waals surface area contributed by atoms with E-state index in [9.17, 15) is 4.79 Å². The number of ether oxygens (including phenoxy) is 1. The molecule has 0 saturated carbocycles. The van der Waals surface area contributed by atoms with E-state index in [1.165, 1.54) is 6.07 Å². The van der Waals surface area contributed by atoms with Crippen LogP contribution in [0.3, 0.4) is 0 Å². The summed E-state index contributed by atoms with van der Waals surface area (Å²) in [5.74, 6) is 1.71. The number of hydrogen-bond donors (Lipinski definition) is 0. The van der Waals surface area contributed by atoms with Crippen LogP contribution < -0.4 is 10.2 Å². The molecular weight excluding hydrogens is 276 g/mol. The van der Waals surface area contributed by atoms with Gasteiger partial charge in [0.25, 0.3) is 0 Å². The molecule has 3 aromatic rings. The summed E-state index contributed by atoms with van der Waals surface area (Å²) >= 11 is 0. The van der Waals surface area contributed by atoms with Crippen LogP contribution in [-0.4, -0.2) is 6.61 Å². The Hall–Kier alpha value is -2.55. The van der Waals surface area contributed by atoms with E-state index in [4.69, 9.17) is 9.15 Å². The molecular formula is C19H18O3. The fraction of sp³-hybridized carbons (Fsp3) is 0.211. The van der Waals surface area contributed by atoms with E-state index >= 15 is 0 Å². The molecule has 0 radical (unpaired) electrons. The second-order valence-electron chi connectivity index (χ2n) is 5.70. The van der Waals surface area contributed by atoms with Gasteiger partial charge in [0.15, 0.2) is 5.43 Å².